The highest BCUT2D eigenvalue weighted by Crippen LogP contribution is 2.26. The first-order valence-corrected chi connectivity index (χ1v) is 12.0. The Labute approximate surface area is 193 Å². The molecule has 0 N–H and O–H groups in total. The number of nitrogens with zero attached hydrogens (tertiary/aromatic N) is 4. The lowest BCUT2D eigenvalue weighted by atomic mass is 10.2. The summed E-state index contributed by atoms with van der Waals surface area (Å²) in [7, 11) is 0. The third kappa shape index (κ3) is 4.57. The molecule has 1 fully saturated rings. The normalized spacial score (nSPS) is 15.0. The molecule has 5 rings (SSSR count). The zero-order valence-corrected chi connectivity index (χ0v) is 18.9. The Hall–Kier alpha value is -3.07. The van der Waals surface area contributed by atoms with Crippen molar-refractivity contribution >= 4 is 40.3 Å². The van der Waals surface area contributed by atoms with Crippen LogP contribution in [0.3, 0.4) is 0 Å². The van der Waals surface area contributed by atoms with Gasteiger partial charge in [0.05, 0.1) is 30.0 Å². The van der Waals surface area contributed by atoms with Gasteiger partial charge in [-0.25, -0.2) is 14.1 Å². The van der Waals surface area contributed by atoms with Crippen LogP contribution in [0, 0.1) is 5.82 Å². The minimum Gasteiger partial charge on any atom is -0.378 e. The first kappa shape index (κ1) is 20.8. The summed E-state index contributed by atoms with van der Waals surface area (Å²) in [6.07, 6.45) is 1.81. The molecule has 2 aromatic carbocycles. The molecule has 0 bridgehead atoms. The molecule has 1 aliphatic rings. The summed E-state index contributed by atoms with van der Waals surface area (Å²) in [5, 5.41) is 8.75. The molecule has 8 heteroatoms. The van der Waals surface area contributed by atoms with Crippen LogP contribution in [0.2, 0.25) is 0 Å². The minimum atomic E-state index is -0.354. The highest BCUT2D eigenvalue weighted by atomic mass is 32.1. The summed E-state index contributed by atoms with van der Waals surface area (Å²) < 4.78 is 21.4. The second-order valence-corrected chi connectivity index (χ2v) is 8.98. The quantitative estimate of drug-likeness (QED) is 0.373. The van der Waals surface area contributed by atoms with Crippen molar-refractivity contribution in [3.05, 3.63) is 87.6 Å². The maximum Gasteiger partial charge on any atom is 0.211 e. The number of benzene rings is 2. The van der Waals surface area contributed by atoms with Crippen LogP contribution in [0.4, 0.5) is 15.8 Å². The first-order valence-electron chi connectivity index (χ1n) is 10.3. The molecular formula is C24H21FN4OS2. The lowest BCUT2D eigenvalue weighted by Gasteiger charge is -2.28. The fourth-order valence-electron chi connectivity index (χ4n) is 3.45. The van der Waals surface area contributed by atoms with E-state index < -0.39 is 0 Å². The maximum absolute atomic E-state index is 14.2. The van der Waals surface area contributed by atoms with E-state index in [9.17, 15) is 4.39 Å². The van der Waals surface area contributed by atoms with Crippen molar-refractivity contribution < 1.29 is 9.13 Å². The van der Waals surface area contributed by atoms with Gasteiger partial charge in [0.25, 0.3) is 0 Å². The van der Waals surface area contributed by atoms with Crippen LogP contribution in [0.25, 0.3) is 10.6 Å². The molecule has 0 aliphatic carbocycles. The van der Waals surface area contributed by atoms with Crippen molar-refractivity contribution in [3.63, 3.8) is 0 Å². The molecule has 5 nitrogen and oxygen atoms in total. The Bertz CT molecular complexity index is 1270. The predicted molar refractivity (Wildman–Crippen MR) is 130 cm³/mol. The molecule has 0 unspecified atom stereocenters. The topological polar surface area (TPSA) is 42.1 Å². The molecule has 3 heterocycles. The molecule has 4 aromatic rings. The van der Waals surface area contributed by atoms with Gasteiger partial charge in [-0.2, -0.15) is 5.10 Å². The van der Waals surface area contributed by atoms with Gasteiger partial charge in [-0.3, -0.25) is 0 Å². The number of thiophene rings is 1. The Morgan fingerprint density at radius 1 is 0.938 bits per heavy atom. The number of morpholine rings is 1. The molecule has 1 aliphatic heterocycles. The Balaban J connectivity index is 1.48. The molecule has 32 heavy (non-hydrogen) atoms. The lowest BCUT2D eigenvalue weighted by molar-refractivity contribution is 0.122. The van der Waals surface area contributed by atoms with Gasteiger partial charge in [0.2, 0.25) is 4.80 Å². The fourth-order valence-corrected chi connectivity index (χ4v) is 5.09. The van der Waals surface area contributed by atoms with Crippen molar-refractivity contribution in [1.82, 2.24) is 4.68 Å². The van der Waals surface area contributed by atoms with Gasteiger partial charge in [-0.1, -0.05) is 30.3 Å². The van der Waals surface area contributed by atoms with E-state index in [-0.39, 0.29) is 5.82 Å². The molecule has 0 saturated carbocycles. The third-order valence-corrected chi connectivity index (χ3v) is 6.83. The van der Waals surface area contributed by atoms with E-state index in [1.165, 1.54) is 23.1 Å². The molecule has 0 atom stereocenters. The maximum atomic E-state index is 14.2. The highest BCUT2D eigenvalue weighted by Gasteiger charge is 2.11. The molecule has 0 amide bonds. The number of rotatable bonds is 5. The summed E-state index contributed by atoms with van der Waals surface area (Å²) in [6.45, 7) is 3.34. The predicted octanol–water partition coefficient (Wildman–Crippen LogP) is 5.37. The van der Waals surface area contributed by atoms with Crippen LogP contribution in [-0.2, 0) is 4.74 Å². The second-order valence-electron chi connectivity index (χ2n) is 7.19. The van der Waals surface area contributed by atoms with E-state index >= 15 is 0 Å². The monoisotopic (exact) mass is 464 g/mol. The number of ether oxygens (including phenoxy) is 1. The van der Waals surface area contributed by atoms with Crippen LogP contribution < -0.4 is 9.70 Å². The van der Waals surface area contributed by atoms with Gasteiger partial charge in [-0.05, 0) is 41.3 Å². The van der Waals surface area contributed by atoms with E-state index in [2.05, 4.69) is 34.2 Å². The first-order chi connectivity index (χ1) is 15.8. The van der Waals surface area contributed by atoms with Crippen LogP contribution in [0.5, 0.6) is 0 Å². The second kappa shape index (κ2) is 9.60. The van der Waals surface area contributed by atoms with Gasteiger partial charge >= 0.3 is 0 Å². The summed E-state index contributed by atoms with van der Waals surface area (Å²) in [5.41, 5.74) is 3.39. The van der Waals surface area contributed by atoms with Gasteiger partial charge in [-0.15, -0.1) is 22.7 Å². The fraction of sp³-hybridized carbons (Fsp3) is 0.167. The number of para-hydroxylation sites is 1. The third-order valence-electron chi connectivity index (χ3n) is 5.12. The van der Waals surface area contributed by atoms with Gasteiger partial charge in [0.15, 0.2) is 0 Å². The number of anilines is 1. The van der Waals surface area contributed by atoms with Gasteiger partial charge < -0.3 is 9.64 Å². The Morgan fingerprint density at radius 2 is 1.75 bits per heavy atom. The van der Waals surface area contributed by atoms with Gasteiger partial charge in [0.1, 0.15) is 11.5 Å². The van der Waals surface area contributed by atoms with E-state index in [4.69, 9.17) is 9.84 Å². The standard InChI is InChI=1S/C24H21FN4OS2/c25-20-4-1-2-5-21(20)27-24-29(22(17-32-24)23-6-3-15-31-23)26-16-18-7-9-19(10-8-18)28-11-13-30-14-12-28/h1-10,15-17H,11-14H2. The van der Waals surface area contributed by atoms with Crippen molar-refractivity contribution in [3.8, 4) is 10.6 Å². The molecule has 0 radical (unpaired) electrons. The van der Waals surface area contributed by atoms with Crippen molar-refractivity contribution in [2.24, 2.45) is 10.1 Å². The van der Waals surface area contributed by atoms with Crippen molar-refractivity contribution in [2.45, 2.75) is 0 Å². The summed E-state index contributed by atoms with van der Waals surface area (Å²) >= 11 is 3.07. The minimum absolute atomic E-state index is 0.297. The highest BCUT2D eigenvalue weighted by molar-refractivity contribution is 7.14. The van der Waals surface area contributed by atoms with Crippen LogP contribution in [0.1, 0.15) is 5.56 Å². The molecular weight excluding hydrogens is 443 g/mol. The smallest absolute Gasteiger partial charge is 0.211 e. The van der Waals surface area contributed by atoms with E-state index in [1.807, 2.05) is 29.1 Å². The van der Waals surface area contributed by atoms with E-state index in [0.717, 1.165) is 42.4 Å². The molecule has 0 spiro atoms. The van der Waals surface area contributed by atoms with E-state index in [1.54, 1.807) is 34.2 Å². The number of halogens is 1. The van der Waals surface area contributed by atoms with Crippen molar-refractivity contribution in [1.29, 1.82) is 0 Å². The average Bonchev–Trinajstić information content (AvgIpc) is 3.50. The number of thiazole rings is 1. The molecule has 2 aromatic heterocycles. The largest absolute Gasteiger partial charge is 0.378 e. The number of hydrogen-bond donors (Lipinski definition) is 0. The summed E-state index contributed by atoms with van der Waals surface area (Å²) in [5.74, 6) is -0.354. The molecule has 162 valence electrons. The lowest BCUT2D eigenvalue weighted by Crippen LogP contribution is -2.36. The molecule has 1 saturated heterocycles. The van der Waals surface area contributed by atoms with Gasteiger partial charge in [0, 0.05) is 24.2 Å². The zero-order valence-electron chi connectivity index (χ0n) is 17.2. The Kier molecular flexibility index (Phi) is 6.24. The zero-order chi connectivity index (χ0) is 21.8. The van der Waals surface area contributed by atoms with Crippen LogP contribution in [0.15, 0.2) is 81.5 Å². The summed E-state index contributed by atoms with van der Waals surface area (Å²) in [4.78, 5) is 8.55. The SMILES string of the molecule is Fc1ccccc1N=c1scc(-c2cccs2)n1N=Cc1ccc(N2CCOCC2)cc1. The van der Waals surface area contributed by atoms with Crippen LogP contribution in [-0.4, -0.2) is 37.2 Å². The van der Waals surface area contributed by atoms with Crippen molar-refractivity contribution in [2.75, 3.05) is 31.2 Å². The Morgan fingerprint density at radius 3 is 2.50 bits per heavy atom. The number of aromatic nitrogens is 1. The average molecular weight is 465 g/mol. The summed E-state index contributed by atoms with van der Waals surface area (Å²) in [6, 6.07) is 18.9. The van der Waals surface area contributed by atoms with E-state index in [0.29, 0.717) is 10.5 Å². The number of hydrogen-bond acceptors (Lipinski definition) is 6. The van der Waals surface area contributed by atoms with Crippen LogP contribution >= 0.6 is 22.7 Å².